The van der Waals surface area contributed by atoms with Gasteiger partial charge in [0.15, 0.2) is 0 Å². The van der Waals surface area contributed by atoms with E-state index in [1.807, 2.05) is 18.2 Å². The minimum Gasteiger partial charge on any atom is -0.389 e. The van der Waals surface area contributed by atoms with Gasteiger partial charge in [0.25, 0.3) is 0 Å². The van der Waals surface area contributed by atoms with Gasteiger partial charge in [0.1, 0.15) is 0 Å². The number of hydrogen-bond acceptors (Lipinski definition) is 2. The summed E-state index contributed by atoms with van der Waals surface area (Å²) in [6, 6.07) is 5.48. The first-order chi connectivity index (χ1) is 8.31. The van der Waals surface area contributed by atoms with Gasteiger partial charge in [0.05, 0.1) is 5.60 Å². The van der Waals surface area contributed by atoms with Crippen LogP contribution in [0.15, 0.2) is 18.2 Å². The molecule has 1 heterocycles. The Hall–Kier alpha value is 0.110. The summed E-state index contributed by atoms with van der Waals surface area (Å²) >= 11 is 14.2. The maximum absolute atomic E-state index is 10.8. The number of halogens is 2. The average molecular weight is 305 g/mol. The number of aliphatic hydroxyl groups is 1. The van der Waals surface area contributed by atoms with Gasteiger partial charge in [0.2, 0.25) is 0 Å². The molecule has 2 rings (SSSR count). The Kier molecular flexibility index (Phi) is 4.23. The molecule has 1 aromatic carbocycles. The zero-order valence-electron chi connectivity index (χ0n) is 10.7. The summed E-state index contributed by atoms with van der Waals surface area (Å²) in [6.45, 7) is 4.39. The van der Waals surface area contributed by atoms with Gasteiger partial charge in [-0.25, -0.2) is 0 Å². The van der Waals surface area contributed by atoms with E-state index in [1.54, 1.807) is 11.8 Å². The summed E-state index contributed by atoms with van der Waals surface area (Å²) in [6.07, 6.45) is 1.32. The summed E-state index contributed by atoms with van der Waals surface area (Å²) in [7, 11) is 0. The Balaban J connectivity index is 2.22. The first-order valence-electron chi connectivity index (χ1n) is 6.04. The van der Waals surface area contributed by atoms with Crippen LogP contribution in [0.1, 0.15) is 25.8 Å². The molecule has 1 unspecified atom stereocenters. The molecule has 0 amide bonds. The van der Waals surface area contributed by atoms with E-state index in [4.69, 9.17) is 23.2 Å². The van der Waals surface area contributed by atoms with Crippen molar-refractivity contribution < 1.29 is 5.11 Å². The minimum absolute atomic E-state index is 0.158. The molecule has 1 aliphatic rings. The number of hydrogen-bond donors (Lipinski definition) is 1. The summed E-state index contributed by atoms with van der Waals surface area (Å²) in [5, 5.41) is 12.1. The summed E-state index contributed by atoms with van der Waals surface area (Å²) < 4.78 is 0. The maximum atomic E-state index is 10.8. The number of rotatable bonds is 2. The quantitative estimate of drug-likeness (QED) is 0.872. The molecule has 18 heavy (non-hydrogen) atoms. The molecule has 100 valence electrons. The topological polar surface area (TPSA) is 20.2 Å². The molecular weight excluding hydrogens is 287 g/mol. The number of thioether (sulfide) groups is 1. The van der Waals surface area contributed by atoms with Crippen molar-refractivity contribution in [1.82, 2.24) is 0 Å². The normalized spacial score (nSPS) is 27.2. The van der Waals surface area contributed by atoms with Crippen LogP contribution in [0.2, 0.25) is 10.0 Å². The van der Waals surface area contributed by atoms with Crippen molar-refractivity contribution in [3.63, 3.8) is 0 Å². The molecular formula is C14H18Cl2OS. The van der Waals surface area contributed by atoms with E-state index in [1.165, 1.54) is 0 Å². The van der Waals surface area contributed by atoms with E-state index in [2.05, 4.69) is 13.8 Å². The second-order valence-electron chi connectivity index (χ2n) is 5.94. The Labute approximate surface area is 123 Å². The van der Waals surface area contributed by atoms with Crippen LogP contribution in [0.25, 0.3) is 0 Å². The lowest BCUT2D eigenvalue weighted by molar-refractivity contribution is 0.0200. The SMILES string of the molecule is CC1(C)CSCC(O)(Cc2c(Cl)cccc2Cl)C1. The van der Waals surface area contributed by atoms with Crippen LogP contribution in [0, 0.1) is 5.41 Å². The maximum Gasteiger partial charge on any atom is 0.0784 e. The molecule has 0 aromatic heterocycles. The van der Waals surface area contributed by atoms with Crippen molar-refractivity contribution in [2.45, 2.75) is 32.3 Å². The molecule has 1 aliphatic heterocycles. The summed E-state index contributed by atoms with van der Waals surface area (Å²) in [4.78, 5) is 0. The molecule has 4 heteroatoms. The monoisotopic (exact) mass is 304 g/mol. The predicted molar refractivity (Wildman–Crippen MR) is 80.8 cm³/mol. The molecule has 1 fully saturated rings. The Morgan fingerprint density at radius 3 is 2.39 bits per heavy atom. The van der Waals surface area contributed by atoms with E-state index in [-0.39, 0.29) is 5.41 Å². The van der Waals surface area contributed by atoms with Crippen molar-refractivity contribution in [3.05, 3.63) is 33.8 Å². The average Bonchev–Trinajstić information content (AvgIpc) is 2.22. The first-order valence-corrected chi connectivity index (χ1v) is 7.95. The van der Waals surface area contributed by atoms with E-state index < -0.39 is 5.60 Å². The van der Waals surface area contributed by atoms with Gasteiger partial charge in [-0.15, -0.1) is 0 Å². The van der Waals surface area contributed by atoms with Crippen LogP contribution in [-0.4, -0.2) is 22.2 Å². The second-order valence-corrected chi connectivity index (χ2v) is 7.74. The summed E-state index contributed by atoms with van der Waals surface area (Å²) in [5.41, 5.74) is 0.313. The fourth-order valence-corrected chi connectivity index (χ4v) is 4.53. The van der Waals surface area contributed by atoms with Gasteiger partial charge in [-0.3, -0.25) is 0 Å². The fraction of sp³-hybridized carbons (Fsp3) is 0.571. The van der Waals surface area contributed by atoms with E-state index in [0.29, 0.717) is 16.5 Å². The first kappa shape index (κ1) is 14.5. The molecule has 0 spiro atoms. The molecule has 1 N–H and O–H groups in total. The largest absolute Gasteiger partial charge is 0.389 e. The van der Waals surface area contributed by atoms with Crippen LogP contribution in [0.4, 0.5) is 0 Å². The summed E-state index contributed by atoms with van der Waals surface area (Å²) in [5.74, 6) is 1.84. The van der Waals surface area contributed by atoms with E-state index in [9.17, 15) is 5.11 Å². The van der Waals surface area contributed by atoms with Crippen LogP contribution in [-0.2, 0) is 6.42 Å². The molecule has 0 bridgehead atoms. The lowest BCUT2D eigenvalue weighted by Gasteiger charge is -2.41. The second kappa shape index (κ2) is 5.24. The van der Waals surface area contributed by atoms with Crippen LogP contribution in [0.3, 0.4) is 0 Å². The fourth-order valence-electron chi connectivity index (χ4n) is 2.65. The third kappa shape index (κ3) is 3.36. The lowest BCUT2D eigenvalue weighted by Crippen LogP contribution is -2.44. The Morgan fingerprint density at radius 1 is 1.22 bits per heavy atom. The lowest BCUT2D eigenvalue weighted by atomic mass is 9.79. The van der Waals surface area contributed by atoms with E-state index >= 15 is 0 Å². The van der Waals surface area contributed by atoms with Crippen molar-refractivity contribution in [2.75, 3.05) is 11.5 Å². The zero-order chi connectivity index (χ0) is 13.4. The highest BCUT2D eigenvalue weighted by atomic mass is 35.5. The Morgan fingerprint density at radius 2 is 1.83 bits per heavy atom. The van der Waals surface area contributed by atoms with Gasteiger partial charge in [-0.05, 0) is 35.3 Å². The molecule has 0 radical (unpaired) electrons. The highest BCUT2D eigenvalue weighted by Crippen LogP contribution is 2.42. The zero-order valence-corrected chi connectivity index (χ0v) is 13.0. The van der Waals surface area contributed by atoms with Gasteiger partial charge < -0.3 is 5.11 Å². The van der Waals surface area contributed by atoms with Crippen LogP contribution in [0.5, 0.6) is 0 Å². The molecule has 1 nitrogen and oxygen atoms in total. The number of benzene rings is 1. The van der Waals surface area contributed by atoms with Crippen molar-refractivity contribution in [2.24, 2.45) is 5.41 Å². The molecule has 0 aliphatic carbocycles. The van der Waals surface area contributed by atoms with Gasteiger partial charge in [-0.2, -0.15) is 11.8 Å². The highest BCUT2D eigenvalue weighted by Gasteiger charge is 2.39. The van der Waals surface area contributed by atoms with Crippen molar-refractivity contribution in [3.8, 4) is 0 Å². The van der Waals surface area contributed by atoms with Crippen LogP contribution >= 0.6 is 35.0 Å². The van der Waals surface area contributed by atoms with Crippen molar-refractivity contribution in [1.29, 1.82) is 0 Å². The smallest absolute Gasteiger partial charge is 0.0784 e. The van der Waals surface area contributed by atoms with Crippen LogP contribution < -0.4 is 0 Å². The molecule has 0 saturated carbocycles. The molecule has 1 aromatic rings. The Bertz CT molecular complexity index is 427. The minimum atomic E-state index is -0.707. The van der Waals surface area contributed by atoms with Gasteiger partial charge in [-0.1, -0.05) is 43.1 Å². The van der Waals surface area contributed by atoms with Gasteiger partial charge >= 0.3 is 0 Å². The molecule has 1 saturated heterocycles. The highest BCUT2D eigenvalue weighted by molar-refractivity contribution is 7.99. The third-order valence-corrected chi connectivity index (χ3v) is 5.67. The van der Waals surface area contributed by atoms with E-state index in [0.717, 1.165) is 23.5 Å². The molecule has 1 atom stereocenters. The van der Waals surface area contributed by atoms with Gasteiger partial charge in [0, 0.05) is 22.2 Å². The third-order valence-electron chi connectivity index (χ3n) is 3.24. The predicted octanol–water partition coefficient (Wildman–Crippen LogP) is 4.43. The van der Waals surface area contributed by atoms with Crippen molar-refractivity contribution >= 4 is 35.0 Å². The standard InChI is InChI=1S/C14H18Cl2OS/c1-13(2)7-14(17,9-18-8-13)6-10-11(15)4-3-5-12(10)16/h3-5,17H,6-9H2,1-2H3.